The molecule has 3 heterocycles. The number of nitrogens with zero attached hydrogens (tertiary/aromatic N) is 5. The molecule has 1 aromatic carbocycles. The van der Waals surface area contributed by atoms with E-state index in [1.807, 2.05) is 17.0 Å². The number of aliphatic imine (C=N–C) groups is 1. The Morgan fingerprint density at radius 2 is 2.19 bits per heavy atom. The van der Waals surface area contributed by atoms with Crippen molar-refractivity contribution in [3.8, 4) is 5.75 Å². The van der Waals surface area contributed by atoms with Crippen molar-refractivity contribution in [3.05, 3.63) is 57.8 Å². The maximum Gasteiger partial charge on any atom is 0.307 e. The molecule has 2 aliphatic rings. The fourth-order valence-corrected chi connectivity index (χ4v) is 3.44. The Morgan fingerprint density at radius 1 is 1.33 bits per heavy atom. The number of aryl methyl sites for hydroxylation is 1. The average Bonchev–Trinajstić information content (AvgIpc) is 3.12. The Hall–Kier alpha value is -3.23. The van der Waals surface area contributed by atoms with Crippen LogP contribution in [0, 0.1) is 15.9 Å². The minimum atomic E-state index is -0.933. The van der Waals surface area contributed by atoms with Gasteiger partial charge in [-0.05, 0) is 25.3 Å². The summed E-state index contributed by atoms with van der Waals surface area (Å²) >= 11 is 0. The van der Waals surface area contributed by atoms with Gasteiger partial charge in [0.15, 0.2) is 0 Å². The van der Waals surface area contributed by atoms with Crippen molar-refractivity contribution < 1.29 is 14.1 Å². The number of ether oxygens (including phenoxy) is 1. The summed E-state index contributed by atoms with van der Waals surface area (Å²) < 4.78 is 21.1. The molecule has 4 rings (SSSR count). The highest BCUT2D eigenvalue weighted by molar-refractivity contribution is 6.10. The third kappa shape index (κ3) is 3.05. The van der Waals surface area contributed by atoms with Gasteiger partial charge in [0.1, 0.15) is 12.4 Å². The van der Waals surface area contributed by atoms with E-state index in [4.69, 9.17) is 4.74 Å². The van der Waals surface area contributed by atoms with Crippen LogP contribution in [-0.4, -0.2) is 34.2 Å². The first-order valence-corrected chi connectivity index (χ1v) is 8.64. The molecule has 0 saturated carbocycles. The van der Waals surface area contributed by atoms with Gasteiger partial charge in [-0.25, -0.2) is 0 Å². The molecule has 0 amide bonds. The number of halogens is 1. The van der Waals surface area contributed by atoms with Crippen molar-refractivity contribution in [1.29, 1.82) is 0 Å². The number of aromatic nitrogens is 2. The van der Waals surface area contributed by atoms with Crippen LogP contribution >= 0.6 is 0 Å². The molecule has 0 aliphatic carbocycles. The SMILES string of the molecule is COc1cc(F)c([N+](=O)[O-])cc1N1C=CC(c2cnn3c2CCCC3)=NC1. The van der Waals surface area contributed by atoms with Crippen LogP contribution in [-0.2, 0) is 13.0 Å². The lowest BCUT2D eigenvalue weighted by Crippen LogP contribution is -2.23. The summed E-state index contributed by atoms with van der Waals surface area (Å²) in [4.78, 5) is 16.6. The molecule has 0 N–H and O–H groups in total. The summed E-state index contributed by atoms with van der Waals surface area (Å²) in [6.45, 7) is 1.17. The Balaban J connectivity index is 1.63. The van der Waals surface area contributed by atoms with Crippen LogP contribution < -0.4 is 9.64 Å². The molecule has 9 heteroatoms. The van der Waals surface area contributed by atoms with Gasteiger partial charge in [-0.1, -0.05) is 0 Å². The maximum absolute atomic E-state index is 13.8. The van der Waals surface area contributed by atoms with Gasteiger partial charge in [-0.15, -0.1) is 0 Å². The lowest BCUT2D eigenvalue weighted by molar-refractivity contribution is -0.387. The minimum Gasteiger partial charge on any atom is -0.494 e. The molecule has 0 fully saturated rings. The molecule has 2 aromatic rings. The van der Waals surface area contributed by atoms with Crippen molar-refractivity contribution in [3.63, 3.8) is 0 Å². The summed E-state index contributed by atoms with van der Waals surface area (Å²) in [6.07, 6.45) is 8.69. The molecule has 8 nitrogen and oxygen atoms in total. The maximum atomic E-state index is 13.8. The topological polar surface area (TPSA) is 85.8 Å². The number of rotatable bonds is 4. The highest BCUT2D eigenvalue weighted by Gasteiger charge is 2.24. The predicted molar refractivity (Wildman–Crippen MR) is 97.8 cm³/mol. The Bertz CT molecular complexity index is 966. The fourth-order valence-electron chi connectivity index (χ4n) is 3.44. The number of benzene rings is 1. The van der Waals surface area contributed by atoms with Crippen LogP contribution in [0.15, 0.2) is 35.6 Å². The Labute approximate surface area is 154 Å². The van der Waals surface area contributed by atoms with E-state index in [0.29, 0.717) is 5.69 Å². The smallest absolute Gasteiger partial charge is 0.307 e. The van der Waals surface area contributed by atoms with E-state index in [-0.39, 0.29) is 12.4 Å². The van der Waals surface area contributed by atoms with Gasteiger partial charge in [0, 0.05) is 36.1 Å². The Kier molecular flexibility index (Phi) is 4.35. The molecular formula is C18H18FN5O3. The van der Waals surface area contributed by atoms with Crippen molar-refractivity contribution in [1.82, 2.24) is 9.78 Å². The predicted octanol–water partition coefficient (Wildman–Crippen LogP) is 3.06. The highest BCUT2D eigenvalue weighted by Crippen LogP contribution is 2.35. The fraction of sp³-hybridized carbons (Fsp3) is 0.333. The molecule has 0 spiro atoms. The van der Waals surface area contributed by atoms with Crippen LogP contribution in [0.2, 0.25) is 0 Å². The number of methoxy groups -OCH3 is 1. The van der Waals surface area contributed by atoms with Crippen molar-refractivity contribution >= 4 is 17.1 Å². The molecule has 0 atom stereocenters. The highest BCUT2D eigenvalue weighted by atomic mass is 19.1. The normalized spacial score (nSPS) is 16.1. The molecule has 0 unspecified atom stereocenters. The average molecular weight is 371 g/mol. The lowest BCUT2D eigenvalue weighted by Gasteiger charge is -2.24. The molecule has 140 valence electrons. The van der Waals surface area contributed by atoms with E-state index in [1.54, 1.807) is 11.1 Å². The second-order valence-corrected chi connectivity index (χ2v) is 6.39. The largest absolute Gasteiger partial charge is 0.494 e. The Morgan fingerprint density at radius 3 is 2.89 bits per heavy atom. The molecular weight excluding hydrogens is 353 g/mol. The van der Waals surface area contributed by atoms with Gasteiger partial charge in [0.05, 0.1) is 29.6 Å². The number of allylic oxidation sites excluding steroid dienone is 1. The number of hydrogen-bond acceptors (Lipinski definition) is 6. The van der Waals surface area contributed by atoms with E-state index in [9.17, 15) is 14.5 Å². The zero-order valence-corrected chi connectivity index (χ0v) is 14.8. The molecule has 0 radical (unpaired) electrons. The molecule has 2 aliphatic heterocycles. The van der Waals surface area contributed by atoms with E-state index in [0.717, 1.165) is 43.1 Å². The van der Waals surface area contributed by atoms with Crippen molar-refractivity contribution in [2.45, 2.75) is 25.8 Å². The molecule has 1 aromatic heterocycles. The van der Waals surface area contributed by atoms with Gasteiger partial charge in [-0.3, -0.25) is 19.8 Å². The van der Waals surface area contributed by atoms with Crippen LogP contribution in [0.4, 0.5) is 15.8 Å². The van der Waals surface area contributed by atoms with Gasteiger partial charge in [0.25, 0.3) is 0 Å². The number of fused-ring (bicyclic) bond motifs is 1. The second kappa shape index (κ2) is 6.82. The number of nitro groups is 1. The van der Waals surface area contributed by atoms with Crippen molar-refractivity contribution in [2.24, 2.45) is 4.99 Å². The third-order valence-corrected chi connectivity index (χ3v) is 4.82. The quantitative estimate of drug-likeness (QED) is 0.609. The number of anilines is 1. The third-order valence-electron chi connectivity index (χ3n) is 4.82. The summed E-state index contributed by atoms with van der Waals surface area (Å²) in [5.74, 6) is -0.721. The summed E-state index contributed by atoms with van der Waals surface area (Å²) in [7, 11) is 1.39. The minimum absolute atomic E-state index is 0.212. The van der Waals surface area contributed by atoms with Crippen LogP contribution in [0.3, 0.4) is 0 Å². The standard InChI is InChI=1S/C18H18FN5O3/c1-27-18-8-13(19)16(24(25)26)9-17(18)22-7-5-14(20-11-22)12-10-21-23-6-3-2-4-15(12)23/h5,7-10H,2-4,6,11H2,1H3. The first-order chi connectivity index (χ1) is 13.1. The lowest BCUT2D eigenvalue weighted by atomic mass is 10.0. The second-order valence-electron chi connectivity index (χ2n) is 6.39. The van der Waals surface area contributed by atoms with Crippen LogP contribution in [0.25, 0.3) is 0 Å². The van der Waals surface area contributed by atoms with Gasteiger partial charge >= 0.3 is 5.69 Å². The zero-order chi connectivity index (χ0) is 19.0. The van der Waals surface area contributed by atoms with Crippen molar-refractivity contribution in [2.75, 3.05) is 18.7 Å². The summed E-state index contributed by atoms with van der Waals surface area (Å²) in [6, 6.07) is 2.19. The number of nitro benzene ring substituents is 1. The monoisotopic (exact) mass is 371 g/mol. The van der Waals surface area contributed by atoms with E-state index in [2.05, 4.69) is 10.1 Å². The molecule has 0 saturated heterocycles. The van der Waals surface area contributed by atoms with Crippen LogP contribution in [0.1, 0.15) is 24.1 Å². The molecule has 0 bridgehead atoms. The van der Waals surface area contributed by atoms with Gasteiger partial charge < -0.3 is 9.64 Å². The van der Waals surface area contributed by atoms with E-state index in [1.165, 1.54) is 18.9 Å². The van der Waals surface area contributed by atoms with E-state index < -0.39 is 16.4 Å². The summed E-state index contributed by atoms with van der Waals surface area (Å²) in [5.41, 5.74) is 2.82. The van der Waals surface area contributed by atoms with Crippen LogP contribution in [0.5, 0.6) is 5.75 Å². The number of hydrogen-bond donors (Lipinski definition) is 0. The zero-order valence-electron chi connectivity index (χ0n) is 14.8. The molecule has 27 heavy (non-hydrogen) atoms. The first-order valence-electron chi connectivity index (χ1n) is 8.64. The summed E-state index contributed by atoms with van der Waals surface area (Å²) in [5, 5.41) is 15.5. The van der Waals surface area contributed by atoms with Gasteiger partial charge in [-0.2, -0.15) is 9.49 Å². The van der Waals surface area contributed by atoms with Gasteiger partial charge in [0.2, 0.25) is 5.82 Å². The van der Waals surface area contributed by atoms with E-state index >= 15 is 0 Å². The first kappa shape index (κ1) is 17.2.